The first-order valence-corrected chi connectivity index (χ1v) is 8.67. The van der Waals surface area contributed by atoms with Crippen molar-refractivity contribution >= 4 is 23.8 Å². The Kier molecular flexibility index (Phi) is 5.44. The number of para-hydroxylation sites is 1. The normalized spacial score (nSPS) is 11.1. The van der Waals surface area contributed by atoms with Crippen molar-refractivity contribution in [2.24, 2.45) is 0 Å². The van der Waals surface area contributed by atoms with Gasteiger partial charge in [0.05, 0.1) is 25.5 Å². The lowest BCUT2D eigenvalue weighted by Gasteiger charge is -2.10. The van der Waals surface area contributed by atoms with Gasteiger partial charge in [0.25, 0.3) is 5.56 Å². The number of carboxylic acid groups (broad SMARTS) is 1. The van der Waals surface area contributed by atoms with E-state index in [-0.39, 0.29) is 11.1 Å². The topological polar surface area (TPSA) is 90.1 Å². The molecule has 7 nitrogen and oxygen atoms in total. The van der Waals surface area contributed by atoms with Crippen molar-refractivity contribution < 1.29 is 19.4 Å². The van der Waals surface area contributed by atoms with Crippen molar-refractivity contribution in [1.82, 2.24) is 9.38 Å². The van der Waals surface area contributed by atoms with Gasteiger partial charge in [-0.15, -0.1) is 0 Å². The van der Waals surface area contributed by atoms with Gasteiger partial charge in [0.15, 0.2) is 11.5 Å². The molecular formula is C21H20N2O5. The third kappa shape index (κ3) is 3.46. The van der Waals surface area contributed by atoms with E-state index in [1.165, 1.54) is 22.7 Å². The molecule has 0 aliphatic carbocycles. The summed E-state index contributed by atoms with van der Waals surface area (Å²) in [5.74, 6) is 0.0944. The molecule has 0 aliphatic rings. The first-order valence-electron chi connectivity index (χ1n) is 8.67. The van der Waals surface area contributed by atoms with Crippen LogP contribution in [0.4, 0.5) is 0 Å². The van der Waals surface area contributed by atoms with E-state index in [9.17, 15) is 9.59 Å². The third-order valence-electron chi connectivity index (χ3n) is 4.40. The smallest absolute Gasteiger partial charge is 0.337 e. The van der Waals surface area contributed by atoms with Crippen molar-refractivity contribution in [3.05, 3.63) is 69.3 Å². The van der Waals surface area contributed by atoms with Gasteiger partial charge in [-0.05, 0) is 36.8 Å². The summed E-state index contributed by atoms with van der Waals surface area (Å²) >= 11 is 0. The Bertz CT molecular complexity index is 1130. The van der Waals surface area contributed by atoms with E-state index in [4.69, 9.17) is 14.6 Å². The SMILES string of the molecule is CCc1c(C=Cc2cccc(OC)c2OC)nc2ccc(C(=O)O)cn2c1=O. The average Bonchev–Trinajstić information content (AvgIpc) is 2.71. The van der Waals surface area contributed by atoms with Crippen LogP contribution in [-0.4, -0.2) is 34.7 Å². The van der Waals surface area contributed by atoms with Gasteiger partial charge >= 0.3 is 5.97 Å². The number of ether oxygens (including phenoxy) is 2. The molecule has 1 N–H and O–H groups in total. The predicted octanol–water partition coefficient (Wildman–Crippen LogP) is 3.14. The second-order valence-electron chi connectivity index (χ2n) is 6.00. The quantitative estimate of drug-likeness (QED) is 0.707. The second-order valence-corrected chi connectivity index (χ2v) is 6.00. The molecule has 0 aliphatic heterocycles. The first kappa shape index (κ1) is 19.2. The third-order valence-corrected chi connectivity index (χ3v) is 4.40. The minimum Gasteiger partial charge on any atom is -0.493 e. The number of hydrogen-bond acceptors (Lipinski definition) is 5. The van der Waals surface area contributed by atoms with Crippen LogP contribution < -0.4 is 15.0 Å². The molecule has 1 aromatic carbocycles. The summed E-state index contributed by atoms with van der Waals surface area (Å²) in [5, 5.41) is 9.15. The molecule has 0 bridgehead atoms. The van der Waals surface area contributed by atoms with Gasteiger partial charge in [-0.1, -0.05) is 19.1 Å². The van der Waals surface area contributed by atoms with Gasteiger partial charge in [0.2, 0.25) is 0 Å². The number of nitrogens with zero attached hydrogens (tertiary/aromatic N) is 2. The molecule has 7 heteroatoms. The number of carboxylic acids is 1. The van der Waals surface area contributed by atoms with Gasteiger partial charge in [-0.2, -0.15) is 0 Å². The van der Waals surface area contributed by atoms with E-state index in [1.54, 1.807) is 26.4 Å². The fourth-order valence-corrected chi connectivity index (χ4v) is 3.00. The molecular weight excluding hydrogens is 360 g/mol. The Balaban J connectivity index is 2.14. The van der Waals surface area contributed by atoms with Crippen molar-refractivity contribution in [1.29, 1.82) is 0 Å². The zero-order valence-corrected chi connectivity index (χ0v) is 15.8. The number of aromatic nitrogens is 2. The Hall–Kier alpha value is -3.61. The molecule has 0 amide bonds. The molecule has 0 saturated carbocycles. The minimum absolute atomic E-state index is 0.0304. The molecule has 0 unspecified atom stereocenters. The highest BCUT2D eigenvalue weighted by molar-refractivity contribution is 5.87. The fraction of sp³-hybridized carbons (Fsp3) is 0.190. The van der Waals surface area contributed by atoms with Gasteiger partial charge in [0, 0.05) is 17.3 Å². The van der Waals surface area contributed by atoms with E-state index < -0.39 is 5.97 Å². The molecule has 2 heterocycles. The number of rotatable bonds is 6. The summed E-state index contributed by atoms with van der Waals surface area (Å²) in [6.45, 7) is 1.86. The lowest BCUT2D eigenvalue weighted by atomic mass is 10.1. The lowest BCUT2D eigenvalue weighted by molar-refractivity contribution is 0.0696. The van der Waals surface area contributed by atoms with Crippen molar-refractivity contribution in [2.75, 3.05) is 14.2 Å². The molecule has 3 rings (SSSR count). The van der Waals surface area contributed by atoms with Crippen LogP contribution in [0.5, 0.6) is 11.5 Å². The number of methoxy groups -OCH3 is 2. The van der Waals surface area contributed by atoms with E-state index in [0.29, 0.717) is 34.8 Å². The standard InChI is InChI=1S/C21H20N2O5/c1-4-15-16(10-8-13-6-5-7-17(27-2)19(13)28-3)22-18-11-9-14(21(25)26)12-23(18)20(15)24/h5-12H,4H2,1-3H3,(H,25,26). The monoisotopic (exact) mass is 380 g/mol. The van der Waals surface area contributed by atoms with Crippen molar-refractivity contribution in [3.63, 3.8) is 0 Å². The first-order chi connectivity index (χ1) is 13.5. The summed E-state index contributed by atoms with van der Waals surface area (Å²) in [5.41, 5.74) is 1.94. The van der Waals surface area contributed by atoms with Crippen LogP contribution in [0.3, 0.4) is 0 Å². The van der Waals surface area contributed by atoms with Crippen LogP contribution in [-0.2, 0) is 6.42 Å². The fourth-order valence-electron chi connectivity index (χ4n) is 3.00. The summed E-state index contributed by atoms with van der Waals surface area (Å²) in [6.07, 6.45) is 5.32. The zero-order chi connectivity index (χ0) is 20.3. The number of benzene rings is 1. The van der Waals surface area contributed by atoms with Crippen LogP contribution in [0, 0.1) is 0 Å². The highest BCUT2D eigenvalue weighted by Crippen LogP contribution is 2.31. The average molecular weight is 380 g/mol. The molecule has 0 spiro atoms. The maximum Gasteiger partial charge on any atom is 0.337 e. The van der Waals surface area contributed by atoms with E-state index in [0.717, 1.165) is 5.56 Å². The molecule has 2 aromatic heterocycles. The Morgan fingerprint density at radius 3 is 2.61 bits per heavy atom. The molecule has 0 radical (unpaired) electrons. The molecule has 0 atom stereocenters. The van der Waals surface area contributed by atoms with E-state index >= 15 is 0 Å². The predicted molar refractivity (Wildman–Crippen MR) is 106 cm³/mol. The maximum atomic E-state index is 12.8. The summed E-state index contributed by atoms with van der Waals surface area (Å²) in [4.78, 5) is 28.6. The van der Waals surface area contributed by atoms with Crippen LogP contribution in [0.1, 0.15) is 34.1 Å². The number of hydrogen-bond donors (Lipinski definition) is 1. The largest absolute Gasteiger partial charge is 0.493 e. The molecule has 0 fully saturated rings. The van der Waals surface area contributed by atoms with Crippen LogP contribution in [0.25, 0.3) is 17.8 Å². The molecule has 3 aromatic rings. The van der Waals surface area contributed by atoms with Crippen LogP contribution in [0.15, 0.2) is 41.3 Å². The van der Waals surface area contributed by atoms with Crippen molar-refractivity contribution in [2.45, 2.75) is 13.3 Å². The Morgan fingerprint density at radius 1 is 1.18 bits per heavy atom. The molecule has 0 saturated heterocycles. The second kappa shape index (κ2) is 7.96. The van der Waals surface area contributed by atoms with Gasteiger partial charge in [-0.3, -0.25) is 9.20 Å². The van der Waals surface area contributed by atoms with E-state index in [2.05, 4.69) is 4.98 Å². The zero-order valence-electron chi connectivity index (χ0n) is 15.8. The summed E-state index contributed by atoms with van der Waals surface area (Å²) < 4.78 is 12.0. The highest BCUT2D eigenvalue weighted by Gasteiger charge is 2.12. The number of fused-ring (bicyclic) bond motifs is 1. The highest BCUT2D eigenvalue weighted by atomic mass is 16.5. The minimum atomic E-state index is -1.10. The molecule has 28 heavy (non-hydrogen) atoms. The van der Waals surface area contributed by atoms with Crippen LogP contribution in [0.2, 0.25) is 0 Å². The number of carbonyl (C=O) groups is 1. The molecule has 144 valence electrons. The maximum absolute atomic E-state index is 12.8. The summed E-state index contributed by atoms with van der Waals surface area (Å²) in [7, 11) is 3.13. The van der Waals surface area contributed by atoms with Gasteiger partial charge < -0.3 is 14.6 Å². The lowest BCUT2D eigenvalue weighted by Crippen LogP contribution is -2.22. The van der Waals surface area contributed by atoms with E-state index in [1.807, 2.05) is 25.1 Å². The summed E-state index contributed by atoms with van der Waals surface area (Å²) in [6, 6.07) is 8.46. The number of aromatic carboxylic acids is 1. The number of pyridine rings is 1. The van der Waals surface area contributed by atoms with Gasteiger partial charge in [-0.25, -0.2) is 9.78 Å². The Labute approximate surface area is 161 Å². The van der Waals surface area contributed by atoms with Crippen LogP contribution >= 0.6 is 0 Å². The van der Waals surface area contributed by atoms with Gasteiger partial charge in [0.1, 0.15) is 5.65 Å². The van der Waals surface area contributed by atoms with Crippen molar-refractivity contribution in [3.8, 4) is 11.5 Å². The Morgan fingerprint density at radius 2 is 1.96 bits per heavy atom.